The lowest BCUT2D eigenvalue weighted by atomic mass is 9.98. The maximum atomic E-state index is 14.5. The molecule has 33 heavy (non-hydrogen) atoms. The number of hydrogen-bond donors (Lipinski definition) is 2. The summed E-state index contributed by atoms with van der Waals surface area (Å²) in [5, 5.41) is 24.6. The van der Waals surface area contributed by atoms with Crippen LogP contribution in [0.5, 0.6) is 0 Å². The highest BCUT2D eigenvalue weighted by molar-refractivity contribution is 5.88. The number of anilines is 1. The van der Waals surface area contributed by atoms with E-state index >= 15 is 0 Å². The molecule has 0 saturated carbocycles. The van der Waals surface area contributed by atoms with Gasteiger partial charge in [-0.05, 0) is 36.2 Å². The third-order valence-corrected chi connectivity index (χ3v) is 6.11. The summed E-state index contributed by atoms with van der Waals surface area (Å²) < 4.78 is 16.3. The zero-order valence-corrected chi connectivity index (χ0v) is 18.0. The van der Waals surface area contributed by atoms with Crippen LogP contribution in [0.3, 0.4) is 0 Å². The van der Waals surface area contributed by atoms with Crippen LogP contribution in [-0.4, -0.2) is 50.1 Å². The molecule has 2 unspecified atom stereocenters. The highest BCUT2D eigenvalue weighted by Gasteiger charge is 2.27. The van der Waals surface area contributed by atoms with Crippen molar-refractivity contribution < 1.29 is 9.50 Å². The normalized spacial score (nSPS) is 18.5. The minimum atomic E-state index is -0.675. The van der Waals surface area contributed by atoms with Gasteiger partial charge in [0, 0.05) is 48.9 Å². The van der Waals surface area contributed by atoms with Crippen molar-refractivity contribution >= 4 is 16.9 Å². The number of aliphatic hydroxyl groups excluding tert-OH is 1. The van der Waals surface area contributed by atoms with Crippen molar-refractivity contribution in [3.05, 3.63) is 60.2 Å². The minimum Gasteiger partial charge on any atom is -0.390 e. The van der Waals surface area contributed by atoms with Gasteiger partial charge in [-0.2, -0.15) is 10.4 Å². The first kappa shape index (κ1) is 21.0. The smallest absolute Gasteiger partial charge is 0.225 e. The summed E-state index contributed by atoms with van der Waals surface area (Å²) in [5.74, 6) is -0.171. The molecule has 3 heterocycles. The van der Waals surface area contributed by atoms with Gasteiger partial charge in [-0.25, -0.2) is 14.4 Å². The second kappa shape index (κ2) is 8.24. The molecule has 1 aliphatic heterocycles. The molecular formula is C24H22FN7O. The first-order valence-corrected chi connectivity index (χ1v) is 10.6. The summed E-state index contributed by atoms with van der Waals surface area (Å²) in [6.07, 6.45) is 3.44. The zero-order chi connectivity index (χ0) is 23.1. The molecule has 0 spiro atoms. The quantitative estimate of drug-likeness (QED) is 0.500. The Kier molecular flexibility index (Phi) is 5.24. The lowest BCUT2D eigenvalue weighted by Crippen LogP contribution is -2.51. The van der Waals surface area contributed by atoms with E-state index in [0.29, 0.717) is 36.7 Å². The van der Waals surface area contributed by atoms with Gasteiger partial charge in [-0.1, -0.05) is 12.1 Å². The van der Waals surface area contributed by atoms with E-state index in [-0.39, 0.29) is 11.6 Å². The number of nitriles is 1. The number of nitrogens with two attached hydrogens (primary N) is 1. The number of nitrogens with zero attached hydrogens (tertiary/aromatic N) is 6. The predicted octanol–water partition coefficient (Wildman–Crippen LogP) is 2.61. The van der Waals surface area contributed by atoms with E-state index in [4.69, 9.17) is 16.0 Å². The van der Waals surface area contributed by atoms with Gasteiger partial charge in [0.1, 0.15) is 11.9 Å². The largest absolute Gasteiger partial charge is 0.390 e. The number of piperidine rings is 1. The third kappa shape index (κ3) is 3.80. The number of aliphatic hydroxyl groups is 1. The summed E-state index contributed by atoms with van der Waals surface area (Å²) in [4.78, 5) is 11.2. The molecule has 1 saturated heterocycles. The van der Waals surface area contributed by atoms with Gasteiger partial charge >= 0.3 is 0 Å². The van der Waals surface area contributed by atoms with Gasteiger partial charge in [0.2, 0.25) is 5.95 Å². The van der Waals surface area contributed by atoms with Crippen molar-refractivity contribution in [2.24, 2.45) is 12.8 Å². The second-order valence-corrected chi connectivity index (χ2v) is 8.25. The van der Waals surface area contributed by atoms with Gasteiger partial charge < -0.3 is 15.7 Å². The standard InChI is InChI=1S/C24H22FN7O/c1-31-21-5-4-14(8-17(21)11-29-31)18-12-28-24(32-7-6-20(27)22(33)13-32)30-23(18)15-2-3-16(10-26)19(25)9-15/h2-5,8-9,11-12,20,22,33H,6-7,13,27H2,1H3. The molecule has 2 aromatic heterocycles. The molecule has 1 aliphatic rings. The number of fused-ring (bicyclic) bond motifs is 1. The molecule has 0 bridgehead atoms. The van der Waals surface area contributed by atoms with E-state index in [9.17, 15) is 9.50 Å². The first-order chi connectivity index (χ1) is 15.9. The SMILES string of the molecule is Cn1ncc2cc(-c3cnc(N4CCC(N)C(O)C4)nc3-c3ccc(C#N)c(F)c3)ccc21. The Labute approximate surface area is 189 Å². The van der Waals surface area contributed by atoms with Crippen LogP contribution in [0.25, 0.3) is 33.3 Å². The van der Waals surface area contributed by atoms with Crippen LogP contribution in [0, 0.1) is 17.1 Å². The molecule has 9 heteroatoms. The number of halogens is 1. The number of benzene rings is 2. The number of aromatic nitrogens is 4. The first-order valence-electron chi connectivity index (χ1n) is 10.6. The van der Waals surface area contributed by atoms with Crippen molar-refractivity contribution in [3.8, 4) is 28.5 Å². The Bertz CT molecular complexity index is 1390. The average molecular weight is 443 g/mol. The molecule has 2 atom stereocenters. The lowest BCUT2D eigenvalue weighted by molar-refractivity contribution is 0.131. The minimum absolute atomic E-state index is 0.0282. The highest BCUT2D eigenvalue weighted by atomic mass is 19.1. The zero-order valence-electron chi connectivity index (χ0n) is 18.0. The second-order valence-electron chi connectivity index (χ2n) is 8.25. The van der Waals surface area contributed by atoms with Crippen LogP contribution in [0.4, 0.5) is 10.3 Å². The van der Waals surface area contributed by atoms with Crippen molar-refractivity contribution in [1.29, 1.82) is 5.26 Å². The monoisotopic (exact) mass is 443 g/mol. The fraction of sp³-hybridized carbons (Fsp3) is 0.250. The van der Waals surface area contributed by atoms with Crippen molar-refractivity contribution in [3.63, 3.8) is 0 Å². The fourth-order valence-electron chi connectivity index (χ4n) is 4.17. The van der Waals surface area contributed by atoms with E-state index in [2.05, 4.69) is 10.1 Å². The maximum Gasteiger partial charge on any atom is 0.225 e. The Morgan fingerprint density at radius 1 is 1.18 bits per heavy atom. The van der Waals surface area contributed by atoms with Gasteiger partial charge in [-0.3, -0.25) is 4.68 Å². The molecule has 0 radical (unpaired) electrons. The summed E-state index contributed by atoms with van der Waals surface area (Å²) in [7, 11) is 1.88. The molecule has 8 nitrogen and oxygen atoms in total. The number of rotatable bonds is 3. The number of aryl methyl sites for hydroxylation is 1. The van der Waals surface area contributed by atoms with Crippen molar-refractivity contribution in [1.82, 2.24) is 19.7 Å². The molecule has 0 aliphatic carbocycles. The van der Waals surface area contributed by atoms with Gasteiger partial charge in [0.05, 0.1) is 29.1 Å². The Morgan fingerprint density at radius 2 is 2.00 bits per heavy atom. The van der Waals surface area contributed by atoms with Crippen molar-refractivity contribution in [2.45, 2.75) is 18.6 Å². The summed E-state index contributed by atoms with van der Waals surface area (Å²) in [6, 6.07) is 11.9. The van der Waals surface area contributed by atoms with Crippen LogP contribution in [0.1, 0.15) is 12.0 Å². The predicted molar refractivity (Wildman–Crippen MR) is 123 cm³/mol. The van der Waals surface area contributed by atoms with E-state index in [1.807, 2.05) is 36.2 Å². The van der Waals surface area contributed by atoms with Gasteiger partial charge in [-0.15, -0.1) is 0 Å². The summed E-state index contributed by atoms with van der Waals surface area (Å²) in [5.41, 5.74) is 9.56. The molecule has 5 rings (SSSR count). The highest BCUT2D eigenvalue weighted by Crippen LogP contribution is 2.34. The molecule has 1 fully saturated rings. The van der Waals surface area contributed by atoms with E-state index in [1.165, 1.54) is 12.1 Å². The lowest BCUT2D eigenvalue weighted by Gasteiger charge is -2.34. The summed E-state index contributed by atoms with van der Waals surface area (Å²) >= 11 is 0. The third-order valence-electron chi connectivity index (χ3n) is 6.11. The van der Waals surface area contributed by atoms with Crippen LogP contribution in [-0.2, 0) is 7.05 Å². The molecular weight excluding hydrogens is 421 g/mol. The Morgan fingerprint density at radius 3 is 2.76 bits per heavy atom. The fourth-order valence-corrected chi connectivity index (χ4v) is 4.17. The topological polar surface area (TPSA) is 117 Å². The molecule has 3 N–H and O–H groups in total. The molecule has 0 amide bonds. The molecule has 2 aromatic carbocycles. The molecule has 166 valence electrons. The van der Waals surface area contributed by atoms with Crippen LogP contribution >= 0.6 is 0 Å². The average Bonchev–Trinajstić information content (AvgIpc) is 3.20. The summed E-state index contributed by atoms with van der Waals surface area (Å²) in [6.45, 7) is 0.934. The van der Waals surface area contributed by atoms with E-state index in [1.54, 1.807) is 23.1 Å². The maximum absolute atomic E-state index is 14.5. The number of β-amino-alcohol motifs (C(OH)–C–C–N with tert-alkyl or cyclic N) is 1. The van der Waals surface area contributed by atoms with E-state index in [0.717, 1.165) is 22.0 Å². The van der Waals surface area contributed by atoms with Gasteiger partial charge in [0.15, 0.2) is 0 Å². The van der Waals surface area contributed by atoms with Gasteiger partial charge in [0.25, 0.3) is 0 Å². The Balaban J connectivity index is 1.64. The van der Waals surface area contributed by atoms with Crippen LogP contribution in [0.15, 0.2) is 48.8 Å². The number of hydrogen-bond acceptors (Lipinski definition) is 7. The Hall–Kier alpha value is -3.87. The van der Waals surface area contributed by atoms with Crippen molar-refractivity contribution in [2.75, 3.05) is 18.0 Å². The van der Waals surface area contributed by atoms with Crippen LogP contribution in [0.2, 0.25) is 0 Å². The molecule has 4 aromatic rings. The van der Waals surface area contributed by atoms with E-state index < -0.39 is 11.9 Å². The van der Waals surface area contributed by atoms with Crippen LogP contribution < -0.4 is 10.6 Å².